The van der Waals surface area contributed by atoms with Crippen molar-refractivity contribution in [2.24, 2.45) is 5.92 Å². The minimum Gasteiger partial charge on any atom is -0.491 e. The standard InChI is InChI=1S/C15H25NO2/c1-11(2)15(4,17)10-18-14-8-6-7-13(9-14)12(3)16-5/h6-9,11-12,16-17H,10H2,1-5H3. The Labute approximate surface area is 110 Å². The van der Waals surface area contributed by atoms with Gasteiger partial charge in [0.1, 0.15) is 12.4 Å². The molecule has 18 heavy (non-hydrogen) atoms. The lowest BCUT2D eigenvalue weighted by atomic mass is 9.94. The third-order valence-electron chi connectivity index (χ3n) is 3.57. The van der Waals surface area contributed by atoms with Gasteiger partial charge in [-0.3, -0.25) is 0 Å². The molecular weight excluding hydrogens is 226 g/mol. The summed E-state index contributed by atoms with van der Waals surface area (Å²) in [7, 11) is 1.93. The number of ether oxygens (including phenoxy) is 1. The van der Waals surface area contributed by atoms with Gasteiger partial charge in [0.15, 0.2) is 0 Å². The normalized spacial score (nSPS) is 16.4. The zero-order valence-electron chi connectivity index (χ0n) is 12.0. The molecule has 1 rings (SSSR count). The van der Waals surface area contributed by atoms with Crippen LogP contribution in [0.5, 0.6) is 5.75 Å². The fourth-order valence-corrected chi connectivity index (χ4v) is 1.44. The maximum Gasteiger partial charge on any atom is 0.119 e. The van der Waals surface area contributed by atoms with Gasteiger partial charge in [-0.2, -0.15) is 0 Å². The third-order valence-corrected chi connectivity index (χ3v) is 3.57. The SMILES string of the molecule is CNC(C)c1cccc(OCC(C)(O)C(C)C)c1. The van der Waals surface area contributed by atoms with Crippen LogP contribution in [0.1, 0.15) is 39.3 Å². The molecule has 2 unspecified atom stereocenters. The molecule has 1 aromatic rings. The summed E-state index contributed by atoms with van der Waals surface area (Å²) in [5.74, 6) is 0.965. The second-order valence-corrected chi connectivity index (χ2v) is 5.38. The number of aliphatic hydroxyl groups is 1. The Morgan fingerprint density at radius 2 is 2.00 bits per heavy atom. The first-order valence-electron chi connectivity index (χ1n) is 6.49. The zero-order chi connectivity index (χ0) is 13.8. The van der Waals surface area contributed by atoms with E-state index >= 15 is 0 Å². The molecule has 3 heteroatoms. The molecule has 0 aliphatic carbocycles. The topological polar surface area (TPSA) is 41.5 Å². The van der Waals surface area contributed by atoms with Crippen LogP contribution in [-0.4, -0.2) is 24.4 Å². The van der Waals surface area contributed by atoms with Crippen molar-refractivity contribution in [3.63, 3.8) is 0 Å². The van der Waals surface area contributed by atoms with Crippen molar-refractivity contribution in [2.45, 2.75) is 39.3 Å². The van der Waals surface area contributed by atoms with Crippen molar-refractivity contribution in [3.05, 3.63) is 29.8 Å². The van der Waals surface area contributed by atoms with Crippen LogP contribution in [0.15, 0.2) is 24.3 Å². The molecule has 0 aromatic heterocycles. The molecule has 0 saturated carbocycles. The van der Waals surface area contributed by atoms with E-state index in [-0.39, 0.29) is 5.92 Å². The summed E-state index contributed by atoms with van der Waals surface area (Å²) in [6.45, 7) is 8.19. The molecule has 0 saturated heterocycles. The van der Waals surface area contributed by atoms with Gasteiger partial charge in [-0.25, -0.2) is 0 Å². The highest BCUT2D eigenvalue weighted by molar-refractivity contribution is 5.30. The lowest BCUT2D eigenvalue weighted by molar-refractivity contribution is -0.0266. The molecule has 2 atom stereocenters. The Bertz CT molecular complexity index is 375. The quantitative estimate of drug-likeness (QED) is 0.817. The van der Waals surface area contributed by atoms with Gasteiger partial charge < -0.3 is 15.2 Å². The Morgan fingerprint density at radius 3 is 2.56 bits per heavy atom. The zero-order valence-corrected chi connectivity index (χ0v) is 12.0. The van der Waals surface area contributed by atoms with E-state index in [1.165, 1.54) is 5.56 Å². The fraction of sp³-hybridized carbons (Fsp3) is 0.600. The first-order chi connectivity index (χ1) is 8.36. The van der Waals surface area contributed by atoms with Crippen molar-refractivity contribution in [3.8, 4) is 5.75 Å². The average Bonchev–Trinajstić information content (AvgIpc) is 2.35. The molecule has 0 radical (unpaired) electrons. The van der Waals surface area contributed by atoms with Crippen LogP contribution in [0.4, 0.5) is 0 Å². The van der Waals surface area contributed by atoms with Crippen LogP contribution >= 0.6 is 0 Å². The molecule has 0 heterocycles. The van der Waals surface area contributed by atoms with Crippen LogP contribution in [0.25, 0.3) is 0 Å². The number of nitrogens with one attached hydrogen (secondary N) is 1. The highest BCUT2D eigenvalue weighted by Gasteiger charge is 2.25. The van der Waals surface area contributed by atoms with E-state index in [0.717, 1.165) is 5.75 Å². The van der Waals surface area contributed by atoms with Crippen molar-refractivity contribution >= 4 is 0 Å². The average molecular weight is 251 g/mol. The summed E-state index contributed by atoms with van der Waals surface area (Å²) in [6.07, 6.45) is 0. The smallest absolute Gasteiger partial charge is 0.119 e. The molecule has 0 bridgehead atoms. The second-order valence-electron chi connectivity index (χ2n) is 5.38. The van der Waals surface area contributed by atoms with E-state index in [9.17, 15) is 5.11 Å². The molecular formula is C15H25NO2. The van der Waals surface area contributed by atoms with Crippen LogP contribution in [0.2, 0.25) is 0 Å². The van der Waals surface area contributed by atoms with Crippen molar-refractivity contribution in [1.29, 1.82) is 0 Å². The second kappa shape index (κ2) is 6.21. The van der Waals surface area contributed by atoms with Crippen LogP contribution < -0.4 is 10.1 Å². The van der Waals surface area contributed by atoms with E-state index in [2.05, 4.69) is 18.3 Å². The van der Waals surface area contributed by atoms with E-state index in [1.54, 1.807) is 6.92 Å². The Morgan fingerprint density at radius 1 is 1.33 bits per heavy atom. The highest BCUT2D eigenvalue weighted by atomic mass is 16.5. The molecule has 0 fully saturated rings. The summed E-state index contributed by atoms with van der Waals surface area (Å²) in [4.78, 5) is 0. The molecule has 0 aliphatic heterocycles. The van der Waals surface area contributed by atoms with E-state index < -0.39 is 5.60 Å². The fourth-order valence-electron chi connectivity index (χ4n) is 1.44. The van der Waals surface area contributed by atoms with Gasteiger partial charge in [0.25, 0.3) is 0 Å². The summed E-state index contributed by atoms with van der Waals surface area (Å²) >= 11 is 0. The first kappa shape index (κ1) is 15.0. The number of hydrogen-bond acceptors (Lipinski definition) is 3. The van der Waals surface area contributed by atoms with E-state index in [4.69, 9.17) is 4.74 Å². The van der Waals surface area contributed by atoms with Gasteiger partial charge in [-0.1, -0.05) is 26.0 Å². The predicted molar refractivity (Wildman–Crippen MR) is 74.9 cm³/mol. The summed E-state index contributed by atoms with van der Waals surface area (Å²) in [5.41, 5.74) is 0.379. The minimum atomic E-state index is -0.801. The third kappa shape index (κ3) is 4.00. The van der Waals surface area contributed by atoms with Crippen molar-refractivity contribution < 1.29 is 9.84 Å². The van der Waals surface area contributed by atoms with E-state index in [1.807, 2.05) is 39.1 Å². The largest absolute Gasteiger partial charge is 0.491 e. The lowest BCUT2D eigenvalue weighted by Crippen LogP contribution is -2.37. The molecule has 2 N–H and O–H groups in total. The van der Waals surface area contributed by atoms with Crippen molar-refractivity contribution in [1.82, 2.24) is 5.32 Å². The van der Waals surface area contributed by atoms with Gasteiger partial charge in [-0.05, 0) is 44.5 Å². The van der Waals surface area contributed by atoms with Gasteiger partial charge >= 0.3 is 0 Å². The predicted octanol–water partition coefficient (Wildman–Crippen LogP) is 2.75. The maximum atomic E-state index is 10.1. The van der Waals surface area contributed by atoms with E-state index in [0.29, 0.717) is 12.6 Å². The summed E-state index contributed by atoms with van der Waals surface area (Å²) in [6, 6.07) is 8.26. The van der Waals surface area contributed by atoms with Gasteiger partial charge in [0.2, 0.25) is 0 Å². The summed E-state index contributed by atoms with van der Waals surface area (Å²) < 4.78 is 5.69. The Kier molecular flexibility index (Phi) is 5.17. The van der Waals surface area contributed by atoms with Gasteiger partial charge in [0.05, 0.1) is 5.60 Å². The Hall–Kier alpha value is -1.06. The summed E-state index contributed by atoms with van der Waals surface area (Å²) in [5, 5.41) is 13.3. The molecule has 102 valence electrons. The van der Waals surface area contributed by atoms with Gasteiger partial charge in [0, 0.05) is 6.04 Å². The number of benzene rings is 1. The minimum absolute atomic E-state index is 0.164. The van der Waals surface area contributed by atoms with Crippen LogP contribution in [0.3, 0.4) is 0 Å². The highest BCUT2D eigenvalue weighted by Crippen LogP contribution is 2.22. The van der Waals surface area contributed by atoms with Crippen LogP contribution in [0, 0.1) is 5.92 Å². The molecule has 0 spiro atoms. The molecule has 1 aromatic carbocycles. The van der Waals surface area contributed by atoms with Crippen LogP contribution in [-0.2, 0) is 0 Å². The van der Waals surface area contributed by atoms with Gasteiger partial charge in [-0.15, -0.1) is 0 Å². The maximum absolute atomic E-state index is 10.1. The molecule has 0 aliphatic rings. The molecule has 3 nitrogen and oxygen atoms in total. The lowest BCUT2D eigenvalue weighted by Gasteiger charge is -2.27. The number of rotatable bonds is 6. The van der Waals surface area contributed by atoms with Crippen molar-refractivity contribution in [2.75, 3.05) is 13.7 Å². The Balaban J connectivity index is 2.68. The monoisotopic (exact) mass is 251 g/mol. The first-order valence-corrected chi connectivity index (χ1v) is 6.49. The molecule has 0 amide bonds. The number of hydrogen-bond donors (Lipinski definition) is 2.